The molecule has 1 aliphatic rings. The summed E-state index contributed by atoms with van der Waals surface area (Å²) in [5.41, 5.74) is 1.50. The van der Waals surface area contributed by atoms with Crippen LogP contribution in [-0.4, -0.2) is 31.6 Å². The normalized spacial score (nSPS) is 27.3. The number of rotatable bonds is 4. The van der Waals surface area contributed by atoms with Crippen LogP contribution >= 0.6 is 11.3 Å². The first-order chi connectivity index (χ1) is 7.33. The van der Waals surface area contributed by atoms with Gasteiger partial charge in [-0.3, -0.25) is 4.90 Å². The lowest BCUT2D eigenvalue weighted by Crippen LogP contribution is -2.28. The Labute approximate surface area is 96.3 Å². The molecule has 1 fully saturated rings. The van der Waals surface area contributed by atoms with E-state index < -0.39 is 0 Å². The molecule has 84 valence electrons. The molecule has 1 aromatic rings. The molecule has 1 saturated heterocycles. The summed E-state index contributed by atoms with van der Waals surface area (Å²) in [6.45, 7) is 5.65. The van der Waals surface area contributed by atoms with Crippen LogP contribution in [-0.2, 0) is 0 Å². The minimum absolute atomic E-state index is 0.635. The van der Waals surface area contributed by atoms with Crippen molar-refractivity contribution in [1.82, 2.24) is 10.2 Å². The second-order valence-corrected chi connectivity index (χ2v) is 5.12. The monoisotopic (exact) mass is 224 g/mol. The molecule has 2 unspecified atom stereocenters. The molecule has 0 radical (unpaired) electrons. The number of thiophene rings is 1. The highest BCUT2D eigenvalue weighted by Crippen LogP contribution is 2.36. The van der Waals surface area contributed by atoms with Crippen LogP contribution in [0.15, 0.2) is 16.8 Å². The molecule has 0 bridgehead atoms. The number of hydrogen-bond donors (Lipinski definition) is 1. The summed E-state index contributed by atoms with van der Waals surface area (Å²) in [5.74, 6) is 0.782. The highest BCUT2D eigenvalue weighted by atomic mass is 32.1. The van der Waals surface area contributed by atoms with E-state index in [-0.39, 0.29) is 0 Å². The fourth-order valence-electron chi connectivity index (χ4n) is 2.54. The molecule has 0 aromatic carbocycles. The molecule has 1 N–H and O–H groups in total. The average Bonchev–Trinajstić information content (AvgIpc) is 2.84. The Morgan fingerprint density at radius 2 is 2.47 bits per heavy atom. The summed E-state index contributed by atoms with van der Waals surface area (Å²) >= 11 is 1.81. The Morgan fingerprint density at radius 3 is 3.13 bits per heavy atom. The Morgan fingerprint density at radius 1 is 1.60 bits per heavy atom. The van der Waals surface area contributed by atoms with Crippen molar-refractivity contribution in [1.29, 1.82) is 0 Å². The lowest BCUT2D eigenvalue weighted by molar-refractivity contribution is 0.273. The minimum Gasteiger partial charge on any atom is -0.317 e. The molecule has 2 heterocycles. The highest BCUT2D eigenvalue weighted by molar-refractivity contribution is 7.07. The quantitative estimate of drug-likeness (QED) is 0.844. The molecule has 2 nitrogen and oxygen atoms in total. The third-order valence-corrected chi connectivity index (χ3v) is 4.02. The molecule has 3 heteroatoms. The van der Waals surface area contributed by atoms with Crippen molar-refractivity contribution in [2.45, 2.75) is 19.4 Å². The van der Waals surface area contributed by atoms with Gasteiger partial charge >= 0.3 is 0 Å². The van der Waals surface area contributed by atoms with E-state index in [1.165, 1.54) is 18.5 Å². The van der Waals surface area contributed by atoms with Crippen LogP contribution in [0.4, 0.5) is 0 Å². The molecule has 0 aliphatic carbocycles. The number of likely N-dealkylation sites (tertiary alicyclic amines) is 1. The summed E-state index contributed by atoms with van der Waals surface area (Å²) in [6.07, 6.45) is 1.32. The SMILES string of the molecule is CCNCC1CCN(C)C1c1ccsc1. The van der Waals surface area contributed by atoms with Gasteiger partial charge in [0.15, 0.2) is 0 Å². The molecule has 2 atom stereocenters. The molecule has 1 aromatic heterocycles. The molecular weight excluding hydrogens is 204 g/mol. The summed E-state index contributed by atoms with van der Waals surface area (Å²) < 4.78 is 0. The second kappa shape index (κ2) is 5.10. The van der Waals surface area contributed by atoms with Crippen molar-refractivity contribution < 1.29 is 0 Å². The fourth-order valence-corrected chi connectivity index (χ4v) is 3.23. The first kappa shape index (κ1) is 11.1. The molecule has 0 amide bonds. The van der Waals surface area contributed by atoms with Gasteiger partial charge in [0.2, 0.25) is 0 Å². The van der Waals surface area contributed by atoms with Crippen LogP contribution in [0, 0.1) is 5.92 Å². The van der Waals surface area contributed by atoms with Gasteiger partial charge in [-0.1, -0.05) is 6.92 Å². The topological polar surface area (TPSA) is 15.3 Å². The van der Waals surface area contributed by atoms with E-state index in [1.54, 1.807) is 0 Å². The Kier molecular flexibility index (Phi) is 3.78. The molecular formula is C12H20N2S. The fraction of sp³-hybridized carbons (Fsp3) is 0.667. The standard InChI is InChI=1S/C12H20N2S/c1-3-13-8-10-4-6-14(2)12(10)11-5-7-15-9-11/h5,7,9-10,12-13H,3-4,6,8H2,1-2H3. The molecule has 0 saturated carbocycles. The lowest BCUT2D eigenvalue weighted by Gasteiger charge is -2.24. The average molecular weight is 224 g/mol. The van der Waals surface area contributed by atoms with Crippen molar-refractivity contribution in [3.8, 4) is 0 Å². The Balaban J connectivity index is 2.05. The van der Waals surface area contributed by atoms with E-state index in [0.29, 0.717) is 6.04 Å². The molecule has 15 heavy (non-hydrogen) atoms. The van der Waals surface area contributed by atoms with Gasteiger partial charge in [0, 0.05) is 6.04 Å². The predicted molar refractivity (Wildman–Crippen MR) is 66.3 cm³/mol. The summed E-state index contributed by atoms with van der Waals surface area (Å²) in [5, 5.41) is 7.96. The van der Waals surface area contributed by atoms with Crippen LogP contribution in [0.3, 0.4) is 0 Å². The summed E-state index contributed by atoms with van der Waals surface area (Å²) in [7, 11) is 2.24. The minimum atomic E-state index is 0.635. The second-order valence-electron chi connectivity index (χ2n) is 4.34. The Bertz CT molecular complexity index is 284. The zero-order chi connectivity index (χ0) is 10.7. The summed E-state index contributed by atoms with van der Waals surface area (Å²) in [4.78, 5) is 2.49. The maximum atomic E-state index is 3.48. The molecule has 0 spiro atoms. The van der Waals surface area contributed by atoms with Crippen molar-refractivity contribution in [3.63, 3.8) is 0 Å². The zero-order valence-corrected chi connectivity index (χ0v) is 10.4. The molecule has 2 rings (SSSR count). The highest BCUT2D eigenvalue weighted by Gasteiger charge is 2.32. The first-order valence-electron chi connectivity index (χ1n) is 5.76. The maximum absolute atomic E-state index is 3.48. The lowest BCUT2D eigenvalue weighted by atomic mass is 9.95. The van der Waals surface area contributed by atoms with E-state index >= 15 is 0 Å². The van der Waals surface area contributed by atoms with Crippen molar-refractivity contribution in [2.75, 3.05) is 26.7 Å². The molecule has 1 aliphatic heterocycles. The van der Waals surface area contributed by atoms with Gasteiger partial charge in [-0.15, -0.1) is 0 Å². The van der Waals surface area contributed by atoms with Crippen LogP contribution in [0.2, 0.25) is 0 Å². The van der Waals surface area contributed by atoms with Crippen LogP contribution < -0.4 is 5.32 Å². The van der Waals surface area contributed by atoms with Crippen LogP contribution in [0.1, 0.15) is 24.9 Å². The van der Waals surface area contributed by atoms with Gasteiger partial charge in [-0.2, -0.15) is 11.3 Å². The summed E-state index contributed by atoms with van der Waals surface area (Å²) in [6, 6.07) is 2.91. The van der Waals surface area contributed by atoms with E-state index in [2.05, 4.69) is 41.0 Å². The number of hydrogen-bond acceptors (Lipinski definition) is 3. The Hall–Kier alpha value is -0.380. The number of nitrogens with zero attached hydrogens (tertiary/aromatic N) is 1. The smallest absolute Gasteiger partial charge is 0.0394 e. The van der Waals surface area contributed by atoms with Crippen LogP contribution in [0.5, 0.6) is 0 Å². The van der Waals surface area contributed by atoms with Crippen molar-refractivity contribution in [3.05, 3.63) is 22.4 Å². The zero-order valence-electron chi connectivity index (χ0n) is 9.57. The van der Waals surface area contributed by atoms with Crippen molar-refractivity contribution >= 4 is 11.3 Å². The third-order valence-electron chi connectivity index (χ3n) is 3.32. The van der Waals surface area contributed by atoms with E-state index in [0.717, 1.165) is 19.0 Å². The van der Waals surface area contributed by atoms with Crippen molar-refractivity contribution in [2.24, 2.45) is 5.92 Å². The largest absolute Gasteiger partial charge is 0.317 e. The van der Waals surface area contributed by atoms with E-state index in [1.807, 2.05) is 11.3 Å². The van der Waals surface area contributed by atoms with Gasteiger partial charge in [0.25, 0.3) is 0 Å². The first-order valence-corrected chi connectivity index (χ1v) is 6.70. The predicted octanol–water partition coefficient (Wildman–Crippen LogP) is 2.35. The van der Waals surface area contributed by atoms with E-state index in [4.69, 9.17) is 0 Å². The third kappa shape index (κ3) is 2.41. The van der Waals surface area contributed by atoms with Gasteiger partial charge in [0.05, 0.1) is 0 Å². The van der Waals surface area contributed by atoms with Gasteiger partial charge in [0.1, 0.15) is 0 Å². The van der Waals surface area contributed by atoms with E-state index in [9.17, 15) is 0 Å². The van der Waals surface area contributed by atoms with Gasteiger partial charge in [-0.05, 0) is 61.4 Å². The van der Waals surface area contributed by atoms with Gasteiger partial charge < -0.3 is 5.32 Å². The number of nitrogens with one attached hydrogen (secondary N) is 1. The van der Waals surface area contributed by atoms with Crippen LogP contribution in [0.25, 0.3) is 0 Å². The maximum Gasteiger partial charge on any atom is 0.0394 e. The van der Waals surface area contributed by atoms with Gasteiger partial charge in [-0.25, -0.2) is 0 Å².